The molecule has 0 fully saturated rings. The molecular formula is C27H32N4O4S. The van der Waals surface area contributed by atoms with Gasteiger partial charge in [0.2, 0.25) is 5.91 Å². The van der Waals surface area contributed by atoms with E-state index in [4.69, 9.17) is 14.5 Å². The lowest BCUT2D eigenvalue weighted by atomic mass is 9.93. The Morgan fingerprint density at radius 1 is 1.14 bits per heavy atom. The number of aliphatic imine (C=N–C) groups is 1. The van der Waals surface area contributed by atoms with E-state index >= 15 is 0 Å². The number of fused-ring (bicyclic) bond motifs is 1. The van der Waals surface area contributed by atoms with Crippen molar-refractivity contribution in [1.82, 2.24) is 5.01 Å². The molecular weight excluding hydrogens is 476 g/mol. The van der Waals surface area contributed by atoms with Crippen LogP contribution in [-0.4, -0.2) is 59.8 Å². The van der Waals surface area contributed by atoms with Crippen molar-refractivity contribution in [3.8, 4) is 11.5 Å². The molecule has 2 aromatic rings. The highest BCUT2D eigenvalue weighted by atomic mass is 32.2. The van der Waals surface area contributed by atoms with Crippen LogP contribution in [0.4, 0.5) is 10.5 Å². The van der Waals surface area contributed by atoms with Crippen molar-refractivity contribution in [2.75, 3.05) is 32.2 Å². The number of nitrogens with zero attached hydrogens (tertiary/aromatic N) is 4. The fourth-order valence-corrected chi connectivity index (χ4v) is 5.55. The molecule has 0 bridgehead atoms. The van der Waals surface area contributed by atoms with Crippen molar-refractivity contribution >= 4 is 40.1 Å². The number of thioether (sulfide) groups is 1. The number of hydrogen-bond donors (Lipinski definition) is 0. The molecule has 2 aliphatic rings. The van der Waals surface area contributed by atoms with Crippen LogP contribution in [0.15, 0.2) is 46.5 Å². The summed E-state index contributed by atoms with van der Waals surface area (Å²) in [6.45, 7) is 8.78. The lowest BCUT2D eigenvalue weighted by Crippen LogP contribution is -2.43. The zero-order valence-corrected chi connectivity index (χ0v) is 22.4. The third-order valence-corrected chi connectivity index (χ3v) is 7.31. The van der Waals surface area contributed by atoms with Crippen LogP contribution in [-0.2, 0) is 11.2 Å². The summed E-state index contributed by atoms with van der Waals surface area (Å²) in [7, 11) is 3.25. The molecule has 0 spiro atoms. The van der Waals surface area contributed by atoms with E-state index in [0.717, 1.165) is 58.8 Å². The van der Waals surface area contributed by atoms with Gasteiger partial charge in [0.25, 0.3) is 0 Å². The number of aryl methyl sites for hydroxylation is 1. The van der Waals surface area contributed by atoms with E-state index in [1.165, 1.54) is 12.5 Å². The SMILES string of the molecule is CCN=C(c1ccc(OC)c(OC)c1)N1CCCc2cc(C3=NN(C(C)=O)C(=O)SC3(C)C)ccc21. The van der Waals surface area contributed by atoms with Crippen LogP contribution in [0, 0.1) is 0 Å². The highest BCUT2D eigenvalue weighted by Crippen LogP contribution is 2.38. The van der Waals surface area contributed by atoms with Crippen molar-refractivity contribution in [1.29, 1.82) is 0 Å². The predicted octanol–water partition coefficient (Wildman–Crippen LogP) is 5.12. The Morgan fingerprint density at radius 2 is 1.89 bits per heavy atom. The van der Waals surface area contributed by atoms with Gasteiger partial charge in [-0.2, -0.15) is 10.1 Å². The minimum absolute atomic E-state index is 0.351. The number of imide groups is 1. The second-order valence-corrected chi connectivity index (χ2v) is 10.7. The van der Waals surface area contributed by atoms with E-state index < -0.39 is 4.75 Å². The molecule has 0 saturated carbocycles. The van der Waals surface area contributed by atoms with Crippen molar-refractivity contribution in [3.63, 3.8) is 0 Å². The average Bonchev–Trinajstić information content (AvgIpc) is 2.85. The number of rotatable bonds is 5. The number of amidine groups is 1. The summed E-state index contributed by atoms with van der Waals surface area (Å²) in [5.74, 6) is 1.82. The Hall–Kier alpha value is -3.33. The highest BCUT2D eigenvalue weighted by Gasteiger charge is 2.39. The van der Waals surface area contributed by atoms with Gasteiger partial charge in [-0.25, -0.2) is 0 Å². The number of methoxy groups -OCH3 is 2. The van der Waals surface area contributed by atoms with Crippen molar-refractivity contribution < 1.29 is 19.1 Å². The molecule has 0 aliphatic carbocycles. The number of amides is 2. The summed E-state index contributed by atoms with van der Waals surface area (Å²) in [5, 5.41) is 5.08. The molecule has 2 aliphatic heterocycles. The molecule has 2 amide bonds. The molecule has 2 aromatic carbocycles. The smallest absolute Gasteiger partial charge is 0.309 e. The molecule has 0 radical (unpaired) electrons. The number of benzene rings is 2. The molecule has 36 heavy (non-hydrogen) atoms. The maximum absolute atomic E-state index is 12.4. The molecule has 0 atom stereocenters. The van der Waals surface area contributed by atoms with Gasteiger partial charge in [0.05, 0.1) is 24.7 Å². The van der Waals surface area contributed by atoms with Gasteiger partial charge in [0.1, 0.15) is 5.84 Å². The summed E-state index contributed by atoms with van der Waals surface area (Å²) >= 11 is 1.12. The van der Waals surface area contributed by atoms with Gasteiger partial charge >= 0.3 is 5.24 Å². The number of carbonyl (C=O) groups is 2. The average molecular weight is 509 g/mol. The van der Waals surface area contributed by atoms with Gasteiger partial charge in [0, 0.05) is 31.3 Å². The lowest BCUT2D eigenvalue weighted by Gasteiger charge is -2.35. The first-order chi connectivity index (χ1) is 17.2. The van der Waals surface area contributed by atoms with Crippen LogP contribution in [0.5, 0.6) is 11.5 Å². The Labute approximate surface area is 216 Å². The van der Waals surface area contributed by atoms with Gasteiger partial charge < -0.3 is 14.4 Å². The van der Waals surface area contributed by atoms with Gasteiger partial charge in [-0.1, -0.05) is 6.07 Å². The van der Waals surface area contributed by atoms with E-state index in [-0.39, 0.29) is 11.1 Å². The molecule has 0 N–H and O–H groups in total. The van der Waals surface area contributed by atoms with Crippen LogP contribution in [0.25, 0.3) is 0 Å². The molecule has 0 saturated heterocycles. The summed E-state index contributed by atoms with van der Waals surface area (Å²) in [5.41, 5.74) is 4.85. The second kappa shape index (κ2) is 10.3. The standard InChI is InChI=1S/C27H32N4O4S/c1-7-28-25(20-11-13-22(34-5)23(16-20)35-6)30-14-8-9-18-15-19(10-12-21(18)30)24-27(3,4)36-26(33)31(29-24)17(2)32/h10-13,15-16H,7-9,14H2,1-6H3. The van der Waals surface area contributed by atoms with Crippen molar-refractivity contribution in [2.45, 2.75) is 45.3 Å². The normalized spacial score (nSPS) is 17.4. The fourth-order valence-electron chi connectivity index (χ4n) is 4.60. The maximum Gasteiger partial charge on any atom is 0.309 e. The Balaban J connectivity index is 1.75. The largest absolute Gasteiger partial charge is 0.493 e. The summed E-state index contributed by atoms with van der Waals surface area (Å²) < 4.78 is 10.4. The first-order valence-corrected chi connectivity index (χ1v) is 12.8. The Kier molecular flexibility index (Phi) is 7.40. The van der Waals surface area contributed by atoms with E-state index in [9.17, 15) is 9.59 Å². The topological polar surface area (TPSA) is 83.8 Å². The first kappa shape index (κ1) is 25.8. The Morgan fingerprint density at radius 3 is 2.56 bits per heavy atom. The summed E-state index contributed by atoms with van der Waals surface area (Å²) in [6.07, 6.45) is 1.89. The van der Waals surface area contributed by atoms with Crippen LogP contribution < -0.4 is 14.4 Å². The van der Waals surface area contributed by atoms with Gasteiger partial charge in [-0.05, 0) is 86.8 Å². The maximum atomic E-state index is 12.4. The molecule has 8 nitrogen and oxygen atoms in total. The molecule has 190 valence electrons. The van der Waals surface area contributed by atoms with E-state index in [1.807, 2.05) is 45.0 Å². The molecule has 9 heteroatoms. The van der Waals surface area contributed by atoms with E-state index in [1.54, 1.807) is 14.2 Å². The second-order valence-electron chi connectivity index (χ2n) is 9.12. The van der Waals surface area contributed by atoms with Crippen LogP contribution in [0.3, 0.4) is 0 Å². The molecule has 0 aromatic heterocycles. The summed E-state index contributed by atoms with van der Waals surface area (Å²) in [4.78, 5) is 31.5. The predicted molar refractivity (Wildman–Crippen MR) is 145 cm³/mol. The van der Waals surface area contributed by atoms with Crippen molar-refractivity contribution in [3.05, 3.63) is 53.1 Å². The quantitative estimate of drug-likeness (QED) is 0.412. The lowest BCUT2D eigenvalue weighted by molar-refractivity contribution is -0.125. The van der Waals surface area contributed by atoms with E-state index in [2.05, 4.69) is 22.1 Å². The van der Waals surface area contributed by atoms with E-state index in [0.29, 0.717) is 23.8 Å². The van der Waals surface area contributed by atoms with Gasteiger partial charge in [-0.15, -0.1) is 0 Å². The fraction of sp³-hybridized carbons (Fsp3) is 0.407. The number of hydrazone groups is 1. The monoisotopic (exact) mass is 508 g/mol. The molecule has 4 rings (SSSR count). The first-order valence-electron chi connectivity index (χ1n) is 12.0. The number of ether oxygens (including phenoxy) is 2. The molecule has 0 unspecified atom stereocenters. The number of hydrogen-bond acceptors (Lipinski definition) is 7. The van der Waals surface area contributed by atoms with Crippen LogP contribution >= 0.6 is 11.8 Å². The third-order valence-electron chi connectivity index (χ3n) is 6.26. The minimum Gasteiger partial charge on any atom is -0.493 e. The van der Waals surface area contributed by atoms with Gasteiger partial charge in [0.15, 0.2) is 11.5 Å². The minimum atomic E-state index is -0.555. The van der Waals surface area contributed by atoms with Crippen LogP contribution in [0.1, 0.15) is 50.8 Å². The number of anilines is 1. The highest BCUT2D eigenvalue weighted by molar-refractivity contribution is 8.15. The van der Waals surface area contributed by atoms with Crippen molar-refractivity contribution in [2.24, 2.45) is 10.1 Å². The summed E-state index contributed by atoms with van der Waals surface area (Å²) in [6, 6.07) is 12.1. The zero-order valence-electron chi connectivity index (χ0n) is 21.6. The Bertz CT molecular complexity index is 1250. The van der Waals surface area contributed by atoms with Gasteiger partial charge in [-0.3, -0.25) is 14.6 Å². The number of carbonyl (C=O) groups excluding carboxylic acids is 2. The zero-order chi connectivity index (χ0) is 26.0. The van der Waals surface area contributed by atoms with Crippen LogP contribution in [0.2, 0.25) is 0 Å². The third kappa shape index (κ3) is 4.84. The molecule has 2 heterocycles.